The average Bonchev–Trinajstić information content (AvgIpc) is 2.58. The smallest absolute Gasteiger partial charge is 0.271 e. The number of hydrogen-bond donors (Lipinski definition) is 2. The fraction of sp³-hybridized carbons (Fsp3) is 0.353. The van der Waals surface area contributed by atoms with Crippen molar-refractivity contribution < 1.29 is 9.18 Å². The zero-order valence-corrected chi connectivity index (χ0v) is 14.6. The minimum Gasteiger partial charge on any atom is -0.348 e. The van der Waals surface area contributed by atoms with Crippen molar-refractivity contribution in [2.24, 2.45) is 5.92 Å². The summed E-state index contributed by atoms with van der Waals surface area (Å²) in [6.45, 7) is 3.79. The van der Waals surface area contributed by atoms with Crippen LogP contribution in [-0.2, 0) is 0 Å². The Balaban J connectivity index is 0.00000225. The van der Waals surface area contributed by atoms with Gasteiger partial charge >= 0.3 is 0 Å². The van der Waals surface area contributed by atoms with Crippen LogP contribution in [0.25, 0.3) is 5.69 Å². The SMILES string of the molecule is CC1CNCCC1NC(=O)c1ccc(=O)n(-c2ccc(F)cc2)n1.Cl. The average molecular weight is 367 g/mol. The molecule has 0 bridgehead atoms. The standard InChI is InChI=1S/C17H19FN4O2.ClH/c1-11-10-19-9-8-14(11)20-17(24)15-6-7-16(23)22(21-15)13-4-2-12(18)3-5-13;/h2-7,11,14,19H,8-10H2,1H3,(H,20,24);1H. The Morgan fingerprint density at radius 2 is 2.00 bits per heavy atom. The van der Waals surface area contributed by atoms with E-state index in [2.05, 4.69) is 22.7 Å². The maximum absolute atomic E-state index is 13.0. The zero-order chi connectivity index (χ0) is 17.1. The molecule has 3 rings (SSSR count). The van der Waals surface area contributed by atoms with Crippen LogP contribution >= 0.6 is 12.4 Å². The molecule has 1 fully saturated rings. The quantitative estimate of drug-likeness (QED) is 0.863. The van der Waals surface area contributed by atoms with Gasteiger partial charge in [0.1, 0.15) is 11.5 Å². The van der Waals surface area contributed by atoms with Crippen LogP contribution in [0.15, 0.2) is 41.2 Å². The Hall–Kier alpha value is -2.25. The number of nitrogens with zero attached hydrogens (tertiary/aromatic N) is 2. The number of carbonyl (C=O) groups excluding carboxylic acids is 1. The van der Waals surface area contributed by atoms with Crippen LogP contribution in [-0.4, -0.2) is 34.8 Å². The van der Waals surface area contributed by atoms with Crippen LogP contribution in [0.1, 0.15) is 23.8 Å². The number of piperidine rings is 1. The zero-order valence-electron chi connectivity index (χ0n) is 13.7. The second-order valence-electron chi connectivity index (χ2n) is 6.00. The lowest BCUT2D eigenvalue weighted by atomic mass is 9.95. The van der Waals surface area contributed by atoms with Crippen LogP contribution in [0.5, 0.6) is 0 Å². The highest BCUT2D eigenvalue weighted by Crippen LogP contribution is 2.11. The van der Waals surface area contributed by atoms with Crippen LogP contribution in [0.2, 0.25) is 0 Å². The molecular weight excluding hydrogens is 347 g/mol. The van der Waals surface area contributed by atoms with Crippen LogP contribution in [0.3, 0.4) is 0 Å². The summed E-state index contributed by atoms with van der Waals surface area (Å²) >= 11 is 0. The van der Waals surface area contributed by atoms with Crippen molar-refractivity contribution in [3.63, 3.8) is 0 Å². The van der Waals surface area contributed by atoms with Crippen molar-refractivity contribution in [3.8, 4) is 5.69 Å². The highest BCUT2D eigenvalue weighted by molar-refractivity contribution is 5.92. The third-order valence-corrected chi connectivity index (χ3v) is 4.21. The fourth-order valence-electron chi connectivity index (χ4n) is 2.77. The van der Waals surface area contributed by atoms with E-state index in [0.29, 0.717) is 11.6 Å². The summed E-state index contributed by atoms with van der Waals surface area (Å²) in [4.78, 5) is 24.4. The molecule has 2 unspecified atom stereocenters. The number of hydrogen-bond acceptors (Lipinski definition) is 4. The lowest BCUT2D eigenvalue weighted by Crippen LogP contribution is -2.48. The lowest BCUT2D eigenvalue weighted by Gasteiger charge is -2.30. The molecule has 0 aliphatic carbocycles. The van der Waals surface area contributed by atoms with Gasteiger partial charge in [-0.3, -0.25) is 9.59 Å². The third kappa shape index (κ3) is 4.43. The normalized spacial score (nSPS) is 19.8. The maximum atomic E-state index is 13.0. The first kappa shape index (κ1) is 19.1. The molecule has 1 amide bonds. The Bertz CT molecular complexity index is 794. The minimum atomic E-state index is -0.402. The molecule has 2 aromatic rings. The lowest BCUT2D eigenvalue weighted by molar-refractivity contribution is 0.0907. The number of carbonyl (C=O) groups is 1. The van der Waals surface area contributed by atoms with E-state index >= 15 is 0 Å². The van der Waals surface area contributed by atoms with Gasteiger partial charge in [0.25, 0.3) is 11.5 Å². The van der Waals surface area contributed by atoms with Crippen molar-refractivity contribution in [1.29, 1.82) is 0 Å². The minimum absolute atomic E-state index is 0. The van der Waals surface area contributed by atoms with E-state index < -0.39 is 5.82 Å². The topological polar surface area (TPSA) is 76.0 Å². The number of aromatic nitrogens is 2. The molecule has 1 aliphatic rings. The Morgan fingerprint density at radius 1 is 1.28 bits per heavy atom. The van der Waals surface area contributed by atoms with Crippen molar-refractivity contribution in [2.45, 2.75) is 19.4 Å². The molecule has 2 N–H and O–H groups in total. The highest BCUT2D eigenvalue weighted by atomic mass is 35.5. The van der Waals surface area contributed by atoms with Crippen molar-refractivity contribution in [2.75, 3.05) is 13.1 Å². The second-order valence-corrected chi connectivity index (χ2v) is 6.00. The van der Waals surface area contributed by atoms with Crippen molar-refractivity contribution >= 4 is 18.3 Å². The fourth-order valence-corrected chi connectivity index (χ4v) is 2.77. The molecule has 0 saturated carbocycles. The summed E-state index contributed by atoms with van der Waals surface area (Å²) in [5.74, 6) is -0.393. The van der Waals surface area contributed by atoms with Crippen molar-refractivity contribution in [3.05, 3.63) is 58.3 Å². The van der Waals surface area contributed by atoms with E-state index in [1.807, 2.05) is 0 Å². The van der Waals surface area contributed by atoms with Gasteiger partial charge in [-0.15, -0.1) is 12.4 Å². The first-order valence-corrected chi connectivity index (χ1v) is 7.92. The largest absolute Gasteiger partial charge is 0.348 e. The first-order valence-electron chi connectivity index (χ1n) is 7.92. The molecule has 8 heteroatoms. The van der Waals surface area contributed by atoms with Gasteiger partial charge in [-0.2, -0.15) is 9.78 Å². The van der Waals surface area contributed by atoms with Gasteiger partial charge in [-0.05, 0) is 55.8 Å². The summed E-state index contributed by atoms with van der Waals surface area (Å²) in [6, 6.07) is 8.15. The van der Waals surface area contributed by atoms with Crippen LogP contribution in [0.4, 0.5) is 4.39 Å². The molecule has 1 saturated heterocycles. The number of benzene rings is 1. The number of amides is 1. The van der Waals surface area contributed by atoms with Gasteiger partial charge in [-0.1, -0.05) is 6.92 Å². The molecule has 0 spiro atoms. The summed E-state index contributed by atoms with van der Waals surface area (Å²) in [5.41, 5.74) is 0.185. The van der Waals surface area contributed by atoms with Crippen LogP contribution in [0, 0.1) is 11.7 Å². The molecule has 1 aliphatic heterocycles. The van der Waals surface area contributed by atoms with E-state index in [1.54, 1.807) is 0 Å². The maximum Gasteiger partial charge on any atom is 0.271 e. The van der Waals surface area contributed by atoms with Gasteiger partial charge < -0.3 is 10.6 Å². The second kappa shape index (κ2) is 8.22. The first-order chi connectivity index (χ1) is 11.5. The molecule has 0 radical (unpaired) electrons. The predicted molar refractivity (Wildman–Crippen MR) is 94.9 cm³/mol. The Morgan fingerprint density at radius 3 is 2.68 bits per heavy atom. The molecule has 1 aromatic heterocycles. The van der Waals surface area contributed by atoms with Crippen molar-refractivity contribution in [1.82, 2.24) is 20.4 Å². The molecule has 2 heterocycles. The molecular formula is C17H20ClFN4O2. The monoisotopic (exact) mass is 366 g/mol. The Labute approximate surface area is 150 Å². The van der Waals surface area contributed by atoms with Gasteiger partial charge in [0.2, 0.25) is 0 Å². The van der Waals surface area contributed by atoms with Gasteiger partial charge in [0, 0.05) is 12.1 Å². The number of nitrogens with one attached hydrogen (secondary N) is 2. The van der Waals surface area contributed by atoms with E-state index in [-0.39, 0.29) is 35.6 Å². The van der Waals surface area contributed by atoms with E-state index in [0.717, 1.165) is 24.2 Å². The van der Waals surface area contributed by atoms with Gasteiger partial charge in [0.15, 0.2) is 0 Å². The molecule has 1 aromatic carbocycles. The molecule has 134 valence electrons. The van der Waals surface area contributed by atoms with Gasteiger partial charge in [-0.25, -0.2) is 4.39 Å². The summed E-state index contributed by atoms with van der Waals surface area (Å²) in [5, 5.41) is 10.4. The number of halogens is 2. The third-order valence-electron chi connectivity index (χ3n) is 4.21. The molecule has 25 heavy (non-hydrogen) atoms. The van der Waals surface area contributed by atoms with Gasteiger partial charge in [0.05, 0.1) is 5.69 Å². The van der Waals surface area contributed by atoms with E-state index in [9.17, 15) is 14.0 Å². The molecule has 6 nitrogen and oxygen atoms in total. The van der Waals surface area contributed by atoms with Crippen LogP contribution < -0.4 is 16.2 Å². The number of rotatable bonds is 3. The summed E-state index contributed by atoms with van der Waals surface area (Å²) in [6.07, 6.45) is 0.852. The predicted octanol–water partition coefficient (Wildman–Crippen LogP) is 1.52. The van der Waals surface area contributed by atoms with E-state index in [4.69, 9.17) is 0 Å². The molecule has 2 atom stereocenters. The summed E-state index contributed by atoms with van der Waals surface area (Å²) in [7, 11) is 0. The Kier molecular flexibility index (Phi) is 6.27. The highest BCUT2D eigenvalue weighted by Gasteiger charge is 2.23. The summed E-state index contributed by atoms with van der Waals surface area (Å²) < 4.78 is 14.1. The van der Waals surface area contributed by atoms with E-state index in [1.165, 1.54) is 36.4 Å².